The normalized spacial score (nSPS) is 38.0. The Labute approximate surface area is 124 Å². The Bertz CT molecular complexity index is 320. The largest absolute Gasteiger partial charge is 0.377 e. The summed E-state index contributed by atoms with van der Waals surface area (Å²) in [4.78, 5) is 0. The van der Waals surface area contributed by atoms with Crippen molar-refractivity contribution in [3.8, 4) is 0 Å². The van der Waals surface area contributed by atoms with Gasteiger partial charge in [-0.1, -0.05) is 34.6 Å². The fourth-order valence-electron chi connectivity index (χ4n) is 4.61. The van der Waals surface area contributed by atoms with Crippen molar-refractivity contribution in [1.29, 1.82) is 0 Å². The fraction of sp³-hybridized carbons (Fsp3) is 1.00. The zero-order chi connectivity index (χ0) is 14.9. The molecule has 20 heavy (non-hydrogen) atoms. The Hall–Kier alpha value is -0.120. The molecule has 1 saturated carbocycles. The van der Waals surface area contributed by atoms with E-state index in [0.29, 0.717) is 5.41 Å². The molecule has 3 rings (SSSR count). The van der Waals surface area contributed by atoms with Gasteiger partial charge in [-0.15, -0.1) is 0 Å². The van der Waals surface area contributed by atoms with Gasteiger partial charge in [0, 0.05) is 18.4 Å². The highest BCUT2D eigenvalue weighted by Gasteiger charge is 2.64. The molecule has 2 atom stereocenters. The first kappa shape index (κ1) is 16.3. The summed E-state index contributed by atoms with van der Waals surface area (Å²) < 4.78 is 18.3. The molecule has 2 unspecified atom stereocenters. The zero-order valence-corrected chi connectivity index (χ0v) is 14.0. The SMILES string of the molecule is CC.CCC12CCCOC1C(C)(C)C1(CC2)OCCO1. The van der Waals surface area contributed by atoms with E-state index in [1.165, 1.54) is 25.7 Å². The van der Waals surface area contributed by atoms with Crippen LogP contribution in [-0.4, -0.2) is 31.7 Å². The Morgan fingerprint density at radius 2 is 1.60 bits per heavy atom. The van der Waals surface area contributed by atoms with E-state index in [0.717, 1.165) is 26.2 Å². The van der Waals surface area contributed by atoms with Gasteiger partial charge in [-0.2, -0.15) is 0 Å². The molecule has 2 heterocycles. The maximum atomic E-state index is 6.22. The van der Waals surface area contributed by atoms with Crippen LogP contribution in [0.4, 0.5) is 0 Å². The minimum atomic E-state index is -0.395. The van der Waals surface area contributed by atoms with E-state index < -0.39 is 5.79 Å². The lowest BCUT2D eigenvalue weighted by atomic mass is 9.55. The summed E-state index contributed by atoms with van der Waals surface area (Å²) >= 11 is 0. The van der Waals surface area contributed by atoms with Crippen LogP contribution in [-0.2, 0) is 14.2 Å². The summed E-state index contributed by atoms with van der Waals surface area (Å²) in [6.45, 7) is 13.2. The average Bonchev–Trinajstić information content (AvgIpc) is 2.97. The van der Waals surface area contributed by atoms with Crippen molar-refractivity contribution in [3.05, 3.63) is 0 Å². The lowest BCUT2D eigenvalue weighted by molar-refractivity contribution is -0.315. The molecule has 1 spiro atoms. The number of hydrogen-bond acceptors (Lipinski definition) is 3. The van der Waals surface area contributed by atoms with Gasteiger partial charge in [-0.3, -0.25) is 0 Å². The van der Waals surface area contributed by atoms with Crippen LogP contribution in [0.2, 0.25) is 0 Å². The molecular formula is C17H32O3. The minimum absolute atomic E-state index is 0.0574. The summed E-state index contributed by atoms with van der Waals surface area (Å²) in [6.07, 6.45) is 6.18. The molecule has 3 heteroatoms. The predicted octanol–water partition coefficient (Wildman–Crippen LogP) is 4.15. The summed E-state index contributed by atoms with van der Waals surface area (Å²) in [5.74, 6) is -0.395. The monoisotopic (exact) mass is 284 g/mol. The molecule has 0 aromatic rings. The summed E-state index contributed by atoms with van der Waals surface area (Å²) in [5.41, 5.74) is 0.292. The minimum Gasteiger partial charge on any atom is -0.377 e. The van der Waals surface area contributed by atoms with Crippen molar-refractivity contribution < 1.29 is 14.2 Å². The third kappa shape index (κ3) is 2.22. The third-order valence-corrected chi connectivity index (χ3v) is 5.71. The first-order chi connectivity index (χ1) is 9.56. The van der Waals surface area contributed by atoms with Gasteiger partial charge in [-0.05, 0) is 31.1 Å². The van der Waals surface area contributed by atoms with E-state index in [1.807, 2.05) is 13.8 Å². The lowest BCUT2D eigenvalue weighted by Crippen LogP contribution is -2.64. The number of fused-ring (bicyclic) bond motifs is 1. The molecule has 2 saturated heterocycles. The van der Waals surface area contributed by atoms with Crippen LogP contribution in [0.1, 0.15) is 66.7 Å². The van der Waals surface area contributed by atoms with Crippen LogP contribution >= 0.6 is 0 Å². The maximum absolute atomic E-state index is 6.22. The molecule has 0 bridgehead atoms. The summed E-state index contributed by atoms with van der Waals surface area (Å²) in [6, 6.07) is 0. The molecular weight excluding hydrogens is 252 g/mol. The van der Waals surface area contributed by atoms with E-state index >= 15 is 0 Å². The molecule has 0 N–H and O–H groups in total. The molecule has 0 aromatic heterocycles. The second-order valence-electron chi connectivity index (χ2n) is 6.74. The number of hydrogen-bond donors (Lipinski definition) is 0. The molecule has 3 fully saturated rings. The van der Waals surface area contributed by atoms with E-state index in [9.17, 15) is 0 Å². The predicted molar refractivity (Wildman–Crippen MR) is 80.7 cm³/mol. The molecule has 1 aliphatic carbocycles. The summed E-state index contributed by atoms with van der Waals surface area (Å²) in [5, 5.41) is 0. The molecule has 2 aliphatic heterocycles. The van der Waals surface area contributed by atoms with Gasteiger partial charge in [-0.25, -0.2) is 0 Å². The van der Waals surface area contributed by atoms with Crippen LogP contribution in [0.25, 0.3) is 0 Å². The molecule has 3 aliphatic rings. The van der Waals surface area contributed by atoms with Gasteiger partial charge in [0.25, 0.3) is 0 Å². The van der Waals surface area contributed by atoms with Crippen LogP contribution in [0.15, 0.2) is 0 Å². The van der Waals surface area contributed by atoms with E-state index in [2.05, 4.69) is 20.8 Å². The zero-order valence-electron chi connectivity index (χ0n) is 14.0. The maximum Gasteiger partial charge on any atom is 0.176 e. The van der Waals surface area contributed by atoms with Crippen molar-refractivity contribution in [1.82, 2.24) is 0 Å². The van der Waals surface area contributed by atoms with E-state index in [4.69, 9.17) is 14.2 Å². The second kappa shape index (κ2) is 5.94. The van der Waals surface area contributed by atoms with Crippen molar-refractivity contribution in [2.75, 3.05) is 19.8 Å². The number of rotatable bonds is 1. The Kier molecular flexibility index (Phi) is 4.83. The molecule has 0 amide bonds. The Balaban J connectivity index is 0.000000704. The van der Waals surface area contributed by atoms with Crippen LogP contribution in [0.5, 0.6) is 0 Å². The average molecular weight is 284 g/mol. The van der Waals surface area contributed by atoms with Crippen molar-refractivity contribution in [2.45, 2.75) is 78.6 Å². The second-order valence-corrected chi connectivity index (χ2v) is 6.74. The fourth-order valence-corrected chi connectivity index (χ4v) is 4.61. The van der Waals surface area contributed by atoms with Gasteiger partial charge in [0.1, 0.15) is 0 Å². The van der Waals surface area contributed by atoms with Gasteiger partial charge in [0.05, 0.1) is 19.3 Å². The Morgan fingerprint density at radius 1 is 0.950 bits per heavy atom. The third-order valence-electron chi connectivity index (χ3n) is 5.71. The molecule has 118 valence electrons. The van der Waals surface area contributed by atoms with Crippen molar-refractivity contribution in [2.24, 2.45) is 10.8 Å². The highest BCUT2D eigenvalue weighted by Crippen LogP contribution is 2.60. The van der Waals surface area contributed by atoms with Crippen LogP contribution in [0.3, 0.4) is 0 Å². The van der Waals surface area contributed by atoms with Gasteiger partial charge >= 0.3 is 0 Å². The number of ether oxygens (including phenoxy) is 3. The first-order valence-electron chi connectivity index (χ1n) is 8.46. The smallest absolute Gasteiger partial charge is 0.176 e. The quantitative estimate of drug-likeness (QED) is 0.724. The molecule has 0 radical (unpaired) electrons. The standard InChI is InChI=1S/C15H26O3.C2H6/c1-4-14-6-5-9-16-12(14)13(2,3)15(8-7-14)17-10-11-18-15;1-2/h12H,4-11H2,1-3H3;1-2H3. The molecule has 0 aromatic carbocycles. The van der Waals surface area contributed by atoms with Crippen LogP contribution in [0, 0.1) is 10.8 Å². The first-order valence-corrected chi connectivity index (χ1v) is 8.46. The van der Waals surface area contributed by atoms with Crippen molar-refractivity contribution >= 4 is 0 Å². The molecule has 3 nitrogen and oxygen atoms in total. The topological polar surface area (TPSA) is 27.7 Å². The van der Waals surface area contributed by atoms with Crippen LogP contribution < -0.4 is 0 Å². The van der Waals surface area contributed by atoms with Gasteiger partial charge in [0.15, 0.2) is 5.79 Å². The highest BCUT2D eigenvalue weighted by molar-refractivity contribution is 5.08. The Morgan fingerprint density at radius 3 is 2.20 bits per heavy atom. The lowest BCUT2D eigenvalue weighted by Gasteiger charge is -2.60. The van der Waals surface area contributed by atoms with Gasteiger partial charge < -0.3 is 14.2 Å². The van der Waals surface area contributed by atoms with E-state index in [1.54, 1.807) is 0 Å². The highest BCUT2D eigenvalue weighted by atomic mass is 16.7. The van der Waals surface area contributed by atoms with Gasteiger partial charge in [0.2, 0.25) is 0 Å². The van der Waals surface area contributed by atoms with Crippen molar-refractivity contribution in [3.63, 3.8) is 0 Å². The van der Waals surface area contributed by atoms with E-state index in [-0.39, 0.29) is 11.5 Å². The summed E-state index contributed by atoms with van der Waals surface area (Å²) in [7, 11) is 0.